The number of aryl methyl sites for hydroxylation is 1. The summed E-state index contributed by atoms with van der Waals surface area (Å²) in [5, 5.41) is 10.7. The Bertz CT molecular complexity index is 1590. The van der Waals surface area contributed by atoms with Crippen LogP contribution in [-0.4, -0.2) is 4.57 Å². The number of rotatable bonds is 1. The molecule has 0 atom stereocenters. The Morgan fingerprint density at radius 3 is 2.00 bits per heavy atom. The largest absolute Gasteiger partial charge is 0.350 e. The summed E-state index contributed by atoms with van der Waals surface area (Å²) < 4.78 is 2.14. The fraction of sp³-hybridized carbons (Fsp3) is 0.0645. The summed E-state index contributed by atoms with van der Waals surface area (Å²) in [7, 11) is 2.06. The van der Waals surface area contributed by atoms with Crippen LogP contribution >= 0.6 is 0 Å². The molecule has 1 aliphatic carbocycles. The van der Waals surface area contributed by atoms with E-state index in [0.29, 0.717) is 5.56 Å². The zero-order valence-electron chi connectivity index (χ0n) is 18.2. The van der Waals surface area contributed by atoms with Crippen molar-refractivity contribution >= 4 is 10.9 Å². The topological polar surface area (TPSA) is 28.7 Å². The van der Waals surface area contributed by atoms with Crippen molar-refractivity contribution in [2.75, 3.05) is 0 Å². The molecule has 0 bridgehead atoms. The molecule has 6 rings (SSSR count). The van der Waals surface area contributed by atoms with Crippen LogP contribution in [0.4, 0.5) is 0 Å². The molecule has 2 nitrogen and oxygen atoms in total. The number of hydrogen-bond acceptors (Lipinski definition) is 1. The van der Waals surface area contributed by atoms with Crippen molar-refractivity contribution in [3.8, 4) is 29.0 Å². The van der Waals surface area contributed by atoms with Crippen LogP contribution in [0.15, 0.2) is 103 Å². The highest BCUT2D eigenvalue weighted by atomic mass is 14.9. The van der Waals surface area contributed by atoms with Crippen LogP contribution in [-0.2, 0) is 12.5 Å². The van der Waals surface area contributed by atoms with Gasteiger partial charge in [0.05, 0.1) is 11.6 Å². The van der Waals surface area contributed by atoms with E-state index in [2.05, 4.69) is 84.3 Å². The van der Waals surface area contributed by atoms with E-state index in [1.807, 2.05) is 48.5 Å². The molecular formula is C31H20N2. The number of nitriles is 1. The fourth-order valence-electron chi connectivity index (χ4n) is 5.18. The van der Waals surface area contributed by atoms with Crippen LogP contribution in [0.5, 0.6) is 0 Å². The van der Waals surface area contributed by atoms with Crippen molar-refractivity contribution in [3.05, 3.63) is 131 Å². The van der Waals surface area contributed by atoms with E-state index in [0.717, 1.165) is 22.0 Å². The maximum absolute atomic E-state index is 9.61. The first-order valence-electron chi connectivity index (χ1n) is 11.0. The Balaban J connectivity index is 1.77. The van der Waals surface area contributed by atoms with Crippen LogP contribution in [0.1, 0.15) is 27.8 Å². The Morgan fingerprint density at radius 2 is 1.33 bits per heavy atom. The molecule has 0 spiro atoms. The second-order valence-electron chi connectivity index (χ2n) is 8.45. The molecule has 154 valence electrons. The van der Waals surface area contributed by atoms with Crippen LogP contribution in [0.25, 0.3) is 22.0 Å². The number of fused-ring (bicyclic) bond motifs is 4. The average molecular weight is 421 g/mol. The summed E-state index contributed by atoms with van der Waals surface area (Å²) in [6.45, 7) is 0. The van der Waals surface area contributed by atoms with Gasteiger partial charge in [0.25, 0.3) is 0 Å². The highest BCUT2D eigenvalue weighted by molar-refractivity contribution is 5.94. The summed E-state index contributed by atoms with van der Waals surface area (Å²) in [4.78, 5) is 0. The van der Waals surface area contributed by atoms with E-state index in [-0.39, 0.29) is 0 Å². The molecule has 1 heterocycles. The summed E-state index contributed by atoms with van der Waals surface area (Å²) in [6, 6.07) is 35.5. The summed E-state index contributed by atoms with van der Waals surface area (Å²) in [5.74, 6) is 7.22. The van der Waals surface area contributed by atoms with Crippen molar-refractivity contribution in [1.82, 2.24) is 4.57 Å². The van der Waals surface area contributed by atoms with Gasteiger partial charge < -0.3 is 4.57 Å². The highest BCUT2D eigenvalue weighted by Gasteiger charge is 2.45. The molecule has 4 aromatic carbocycles. The van der Waals surface area contributed by atoms with Crippen LogP contribution in [0.3, 0.4) is 0 Å². The highest BCUT2D eigenvalue weighted by Crippen LogP contribution is 2.53. The van der Waals surface area contributed by atoms with Gasteiger partial charge >= 0.3 is 0 Å². The predicted octanol–water partition coefficient (Wildman–Crippen LogP) is 6.42. The third kappa shape index (κ3) is 2.75. The van der Waals surface area contributed by atoms with Crippen molar-refractivity contribution in [2.24, 2.45) is 7.05 Å². The molecule has 5 aromatic rings. The normalized spacial score (nSPS) is 13.0. The Labute approximate surface area is 193 Å². The number of hydrogen-bond donors (Lipinski definition) is 0. The zero-order chi connectivity index (χ0) is 22.4. The minimum Gasteiger partial charge on any atom is -0.350 e. The van der Waals surface area contributed by atoms with Gasteiger partial charge in [-0.15, -0.1) is 0 Å². The lowest BCUT2D eigenvalue weighted by molar-refractivity contribution is 0.831. The molecule has 0 aliphatic heterocycles. The number of aromatic nitrogens is 1. The van der Waals surface area contributed by atoms with E-state index in [4.69, 9.17) is 0 Å². The molecule has 0 saturated carbocycles. The van der Waals surface area contributed by atoms with Gasteiger partial charge in [-0.05, 0) is 52.6 Å². The first kappa shape index (κ1) is 19.2. The van der Waals surface area contributed by atoms with Crippen molar-refractivity contribution in [2.45, 2.75) is 5.41 Å². The quantitative estimate of drug-likeness (QED) is 0.288. The standard InChI is InChI=1S/C31H20N2/c1-33-21-29(26-19-23(20-32)15-16-30(26)33)31(18-17-22-9-3-2-4-10-22)27-13-7-5-11-24(27)25-12-6-8-14-28(25)31/h2-16,19,21H,1H3. The Hall–Kier alpha value is -4.53. The lowest BCUT2D eigenvalue weighted by atomic mass is 9.72. The molecule has 0 fully saturated rings. The van der Waals surface area contributed by atoms with Crippen LogP contribution in [0, 0.1) is 23.2 Å². The van der Waals surface area contributed by atoms with E-state index in [1.54, 1.807) is 0 Å². The first-order chi connectivity index (χ1) is 16.2. The predicted molar refractivity (Wildman–Crippen MR) is 133 cm³/mol. The molecule has 2 heteroatoms. The molecule has 0 amide bonds. The second kappa shape index (κ2) is 7.27. The van der Waals surface area contributed by atoms with Crippen LogP contribution in [0.2, 0.25) is 0 Å². The Kier molecular flexibility index (Phi) is 4.22. The van der Waals surface area contributed by atoms with Gasteiger partial charge in [0.1, 0.15) is 5.41 Å². The van der Waals surface area contributed by atoms with Crippen molar-refractivity contribution in [3.63, 3.8) is 0 Å². The summed E-state index contributed by atoms with van der Waals surface area (Å²) >= 11 is 0. The van der Waals surface area contributed by atoms with Crippen LogP contribution < -0.4 is 0 Å². The maximum Gasteiger partial charge on any atom is 0.110 e. The lowest BCUT2D eigenvalue weighted by Gasteiger charge is -2.26. The molecule has 0 saturated heterocycles. The van der Waals surface area contributed by atoms with Gasteiger partial charge in [0, 0.05) is 35.3 Å². The lowest BCUT2D eigenvalue weighted by Crippen LogP contribution is -2.25. The van der Waals surface area contributed by atoms with Crippen molar-refractivity contribution < 1.29 is 0 Å². The summed E-state index contributed by atoms with van der Waals surface area (Å²) in [5.41, 5.74) is 7.99. The number of nitrogens with zero attached hydrogens (tertiary/aromatic N) is 2. The molecule has 1 aromatic heterocycles. The minimum atomic E-state index is -0.642. The third-order valence-electron chi connectivity index (χ3n) is 6.64. The van der Waals surface area contributed by atoms with Gasteiger partial charge in [-0.1, -0.05) is 78.6 Å². The van der Waals surface area contributed by atoms with E-state index >= 15 is 0 Å². The van der Waals surface area contributed by atoms with Crippen molar-refractivity contribution in [1.29, 1.82) is 5.26 Å². The van der Waals surface area contributed by atoms with E-state index in [9.17, 15) is 5.26 Å². The fourth-order valence-corrected chi connectivity index (χ4v) is 5.18. The van der Waals surface area contributed by atoms with Gasteiger partial charge in [0.15, 0.2) is 0 Å². The molecule has 33 heavy (non-hydrogen) atoms. The Morgan fingerprint density at radius 1 is 0.697 bits per heavy atom. The first-order valence-corrected chi connectivity index (χ1v) is 11.0. The smallest absolute Gasteiger partial charge is 0.110 e. The molecule has 1 aliphatic rings. The SMILES string of the molecule is Cn1cc(C2(C#Cc3ccccc3)c3ccccc3-c3ccccc32)c2cc(C#N)ccc21. The van der Waals surface area contributed by atoms with E-state index in [1.165, 1.54) is 22.3 Å². The average Bonchev–Trinajstić information content (AvgIpc) is 3.36. The zero-order valence-corrected chi connectivity index (χ0v) is 18.2. The van der Waals surface area contributed by atoms with Gasteiger partial charge in [-0.25, -0.2) is 0 Å². The molecule has 0 radical (unpaired) electrons. The monoisotopic (exact) mass is 420 g/mol. The minimum absolute atomic E-state index is 0.642. The molecular weight excluding hydrogens is 400 g/mol. The maximum atomic E-state index is 9.61. The van der Waals surface area contributed by atoms with Gasteiger partial charge in [-0.2, -0.15) is 5.26 Å². The second-order valence-corrected chi connectivity index (χ2v) is 8.45. The molecule has 0 N–H and O–H groups in total. The van der Waals surface area contributed by atoms with Gasteiger partial charge in [-0.3, -0.25) is 0 Å². The van der Waals surface area contributed by atoms with Gasteiger partial charge in [0.2, 0.25) is 0 Å². The third-order valence-corrected chi connectivity index (χ3v) is 6.64. The summed E-state index contributed by atoms with van der Waals surface area (Å²) in [6.07, 6.45) is 2.18. The molecule has 0 unspecified atom stereocenters. The van der Waals surface area contributed by atoms with E-state index < -0.39 is 5.41 Å². The number of benzene rings is 4.